The molecule has 1 atom stereocenters. The van der Waals surface area contributed by atoms with Crippen molar-refractivity contribution in [2.75, 3.05) is 18.8 Å². The molecule has 1 heterocycles. The van der Waals surface area contributed by atoms with Crippen molar-refractivity contribution >= 4 is 17.3 Å². The summed E-state index contributed by atoms with van der Waals surface area (Å²) in [7, 11) is 0. The monoisotopic (exact) mass is 196 g/mol. The van der Waals surface area contributed by atoms with Crippen LogP contribution in [-0.2, 0) is 0 Å². The van der Waals surface area contributed by atoms with Gasteiger partial charge in [0.25, 0.3) is 0 Å². The number of nitrogens with two attached hydrogens (primary N) is 1. The van der Waals surface area contributed by atoms with Crippen LogP contribution in [0.5, 0.6) is 0 Å². The van der Waals surface area contributed by atoms with E-state index in [4.69, 9.17) is 17.3 Å². The number of rotatable bonds is 1. The predicted molar refractivity (Wildman–Crippen MR) is 56.1 cm³/mol. The zero-order valence-electron chi connectivity index (χ0n) is 7.39. The Morgan fingerprint density at radius 2 is 2.31 bits per heavy atom. The molecule has 70 valence electrons. The molecule has 3 heteroatoms. The Morgan fingerprint density at radius 3 is 2.92 bits per heavy atom. The van der Waals surface area contributed by atoms with E-state index in [-0.39, 0.29) is 0 Å². The van der Waals surface area contributed by atoms with E-state index in [1.807, 2.05) is 12.1 Å². The molecule has 1 aromatic carbocycles. The van der Waals surface area contributed by atoms with Gasteiger partial charge in [0.05, 0.1) is 10.7 Å². The first-order chi connectivity index (χ1) is 6.27. The third kappa shape index (κ3) is 1.79. The predicted octanol–water partition coefficient (Wildman–Crippen LogP) is 2.00. The van der Waals surface area contributed by atoms with E-state index in [0.29, 0.717) is 16.6 Å². The number of benzene rings is 1. The number of hydrogen-bond acceptors (Lipinski definition) is 2. The summed E-state index contributed by atoms with van der Waals surface area (Å²) in [5.74, 6) is 0.611. The van der Waals surface area contributed by atoms with Gasteiger partial charge in [0.1, 0.15) is 0 Å². The Morgan fingerprint density at radius 1 is 1.46 bits per heavy atom. The van der Waals surface area contributed by atoms with Crippen LogP contribution >= 0.6 is 11.6 Å². The van der Waals surface area contributed by atoms with Crippen molar-refractivity contribution in [3.63, 3.8) is 0 Å². The Bertz CT molecular complexity index is 306. The van der Waals surface area contributed by atoms with Gasteiger partial charge >= 0.3 is 0 Å². The lowest BCUT2D eigenvalue weighted by atomic mass is 9.98. The highest BCUT2D eigenvalue weighted by molar-refractivity contribution is 6.33. The molecule has 0 bridgehead atoms. The molecule has 0 aliphatic carbocycles. The van der Waals surface area contributed by atoms with Crippen molar-refractivity contribution in [3.8, 4) is 0 Å². The summed E-state index contributed by atoms with van der Waals surface area (Å²) in [5, 5.41) is 3.98. The number of halogens is 1. The maximum absolute atomic E-state index is 5.85. The summed E-state index contributed by atoms with van der Waals surface area (Å²) in [5.41, 5.74) is 7.72. The first-order valence-electron chi connectivity index (χ1n) is 4.53. The van der Waals surface area contributed by atoms with E-state index in [9.17, 15) is 0 Å². The van der Waals surface area contributed by atoms with Gasteiger partial charge in [-0.15, -0.1) is 0 Å². The van der Waals surface area contributed by atoms with Gasteiger partial charge in [0.15, 0.2) is 0 Å². The van der Waals surface area contributed by atoms with Gasteiger partial charge in [-0.2, -0.15) is 0 Å². The highest BCUT2D eigenvalue weighted by Crippen LogP contribution is 2.27. The van der Waals surface area contributed by atoms with Crippen molar-refractivity contribution in [3.05, 3.63) is 28.8 Å². The topological polar surface area (TPSA) is 38.0 Å². The van der Waals surface area contributed by atoms with Crippen LogP contribution in [-0.4, -0.2) is 13.1 Å². The van der Waals surface area contributed by atoms with Crippen LogP contribution in [0.3, 0.4) is 0 Å². The lowest BCUT2D eigenvalue weighted by Crippen LogP contribution is -2.08. The number of nitrogens with one attached hydrogen (secondary N) is 1. The Labute approximate surface area is 83.1 Å². The molecule has 2 nitrogen and oxygen atoms in total. The molecule has 0 unspecified atom stereocenters. The molecule has 1 saturated heterocycles. The van der Waals surface area contributed by atoms with Crippen LogP contribution in [0.1, 0.15) is 17.9 Å². The smallest absolute Gasteiger partial charge is 0.0635 e. The summed E-state index contributed by atoms with van der Waals surface area (Å²) in [4.78, 5) is 0. The molecular weight excluding hydrogens is 184 g/mol. The van der Waals surface area contributed by atoms with Crippen molar-refractivity contribution in [1.82, 2.24) is 5.32 Å². The lowest BCUT2D eigenvalue weighted by molar-refractivity contribution is 0.764. The minimum atomic E-state index is 0.611. The zero-order valence-corrected chi connectivity index (χ0v) is 8.14. The molecule has 2 rings (SSSR count). The van der Waals surface area contributed by atoms with E-state index >= 15 is 0 Å². The first-order valence-corrected chi connectivity index (χ1v) is 4.91. The molecule has 0 amide bonds. The molecular formula is C10H13ClN2. The third-order valence-electron chi connectivity index (χ3n) is 2.55. The Kier molecular flexibility index (Phi) is 2.42. The largest absolute Gasteiger partial charge is 0.398 e. The number of nitrogen functional groups attached to an aromatic ring is 1. The maximum atomic E-state index is 5.85. The normalized spacial score (nSPS) is 22.1. The van der Waals surface area contributed by atoms with E-state index in [1.165, 1.54) is 12.0 Å². The second-order valence-electron chi connectivity index (χ2n) is 3.47. The van der Waals surface area contributed by atoms with E-state index < -0.39 is 0 Å². The van der Waals surface area contributed by atoms with Crippen LogP contribution < -0.4 is 11.1 Å². The molecule has 1 aromatic rings. The fourth-order valence-electron chi connectivity index (χ4n) is 1.76. The Hall–Kier alpha value is -0.730. The molecule has 3 N–H and O–H groups in total. The van der Waals surface area contributed by atoms with Crippen molar-refractivity contribution in [2.24, 2.45) is 0 Å². The summed E-state index contributed by atoms with van der Waals surface area (Å²) in [6.45, 7) is 2.16. The van der Waals surface area contributed by atoms with Crippen LogP contribution in [0.4, 0.5) is 5.69 Å². The molecule has 0 radical (unpaired) electrons. The molecule has 0 aromatic heterocycles. The lowest BCUT2D eigenvalue weighted by Gasteiger charge is -2.09. The highest BCUT2D eigenvalue weighted by Gasteiger charge is 2.16. The summed E-state index contributed by atoms with van der Waals surface area (Å²) < 4.78 is 0. The summed E-state index contributed by atoms with van der Waals surface area (Å²) in [6, 6.07) is 5.93. The van der Waals surface area contributed by atoms with Crippen LogP contribution in [0.15, 0.2) is 18.2 Å². The van der Waals surface area contributed by atoms with Gasteiger partial charge in [-0.05, 0) is 36.6 Å². The van der Waals surface area contributed by atoms with E-state index in [0.717, 1.165) is 13.1 Å². The first kappa shape index (κ1) is 8.85. The fourth-order valence-corrected chi connectivity index (χ4v) is 1.87. The van der Waals surface area contributed by atoms with E-state index in [1.54, 1.807) is 0 Å². The number of hydrogen-bond donors (Lipinski definition) is 2. The Balaban J connectivity index is 2.25. The average Bonchev–Trinajstić information content (AvgIpc) is 2.62. The van der Waals surface area contributed by atoms with Gasteiger partial charge in [0.2, 0.25) is 0 Å². The van der Waals surface area contributed by atoms with Gasteiger partial charge in [0, 0.05) is 6.54 Å². The molecule has 13 heavy (non-hydrogen) atoms. The van der Waals surface area contributed by atoms with Crippen LogP contribution in [0, 0.1) is 0 Å². The fraction of sp³-hybridized carbons (Fsp3) is 0.400. The molecule has 0 saturated carbocycles. The van der Waals surface area contributed by atoms with Crippen LogP contribution in [0.25, 0.3) is 0 Å². The molecule has 1 fully saturated rings. The van der Waals surface area contributed by atoms with Gasteiger partial charge in [-0.25, -0.2) is 0 Å². The standard InChI is InChI=1S/C10H13ClN2/c11-9-2-1-7(5-10(9)12)8-3-4-13-6-8/h1-2,5,8,13H,3-4,6,12H2/t8-/m1/s1. The van der Waals surface area contributed by atoms with Gasteiger partial charge in [-0.1, -0.05) is 17.7 Å². The van der Waals surface area contributed by atoms with Crippen molar-refractivity contribution in [1.29, 1.82) is 0 Å². The average molecular weight is 197 g/mol. The molecule has 0 spiro atoms. The minimum Gasteiger partial charge on any atom is -0.398 e. The molecule has 1 aliphatic rings. The van der Waals surface area contributed by atoms with Crippen molar-refractivity contribution < 1.29 is 0 Å². The van der Waals surface area contributed by atoms with Gasteiger partial charge in [-0.3, -0.25) is 0 Å². The summed E-state index contributed by atoms with van der Waals surface area (Å²) in [6.07, 6.45) is 1.20. The molecule has 1 aliphatic heterocycles. The third-order valence-corrected chi connectivity index (χ3v) is 2.90. The zero-order chi connectivity index (χ0) is 9.26. The second-order valence-corrected chi connectivity index (χ2v) is 3.88. The van der Waals surface area contributed by atoms with Crippen LogP contribution in [0.2, 0.25) is 5.02 Å². The SMILES string of the molecule is Nc1cc([C@@H]2CCNC2)ccc1Cl. The van der Waals surface area contributed by atoms with E-state index in [2.05, 4.69) is 11.4 Å². The van der Waals surface area contributed by atoms with Crippen molar-refractivity contribution in [2.45, 2.75) is 12.3 Å². The maximum Gasteiger partial charge on any atom is 0.0635 e. The minimum absolute atomic E-state index is 0.611. The van der Waals surface area contributed by atoms with Gasteiger partial charge < -0.3 is 11.1 Å². The number of anilines is 1. The quantitative estimate of drug-likeness (QED) is 0.675. The highest BCUT2D eigenvalue weighted by atomic mass is 35.5. The second kappa shape index (κ2) is 3.56. The summed E-state index contributed by atoms with van der Waals surface area (Å²) >= 11 is 5.85.